The molecule has 3 rings (SSSR count). The Morgan fingerprint density at radius 3 is 2.33 bits per heavy atom. The molecule has 4 nitrogen and oxygen atoms in total. The van der Waals surface area contributed by atoms with E-state index in [4.69, 9.17) is 4.42 Å². The number of rotatable bonds is 7. The summed E-state index contributed by atoms with van der Waals surface area (Å²) in [6.45, 7) is 4.39. The summed E-state index contributed by atoms with van der Waals surface area (Å²) in [4.78, 5) is 16.8. The molecule has 0 aliphatic heterocycles. The summed E-state index contributed by atoms with van der Waals surface area (Å²) in [7, 11) is 4.13. The fourth-order valence-corrected chi connectivity index (χ4v) is 3.20. The molecule has 4 heteroatoms. The molecule has 1 aliphatic carbocycles. The third kappa shape index (κ3) is 3.88. The molecule has 0 spiro atoms. The van der Waals surface area contributed by atoms with Crippen molar-refractivity contribution < 1.29 is 9.21 Å². The van der Waals surface area contributed by atoms with E-state index in [1.54, 1.807) is 6.26 Å². The van der Waals surface area contributed by atoms with Gasteiger partial charge in [-0.1, -0.05) is 24.3 Å². The lowest BCUT2D eigenvalue weighted by Gasteiger charge is -2.21. The van der Waals surface area contributed by atoms with Gasteiger partial charge in [0.05, 0.1) is 6.26 Å². The van der Waals surface area contributed by atoms with E-state index in [1.165, 1.54) is 11.1 Å². The molecule has 0 N–H and O–H groups in total. The Kier molecular flexibility index (Phi) is 5.05. The Hall–Kier alpha value is -2.07. The molecule has 2 aromatic rings. The van der Waals surface area contributed by atoms with E-state index in [-0.39, 0.29) is 17.7 Å². The number of furan rings is 1. The van der Waals surface area contributed by atoms with Crippen LogP contribution in [0.5, 0.6) is 0 Å². The van der Waals surface area contributed by atoms with Gasteiger partial charge in [-0.15, -0.1) is 0 Å². The zero-order valence-corrected chi connectivity index (χ0v) is 14.7. The van der Waals surface area contributed by atoms with Crippen LogP contribution in [0.4, 0.5) is 0 Å². The van der Waals surface area contributed by atoms with E-state index >= 15 is 0 Å². The molecule has 1 aliphatic rings. The molecular weight excluding hydrogens is 300 g/mol. The van der Waals surface area contributed by atoms with Crippen molar-refractivity contribution in [2.45, 2.75) is 32.4 Å². The molecule has 0 saturated heterocycles. The SMILES string of the molecule is CCN(Cc1ccc(CN(C)C)cc1)C(=O)[C@@H]1C[C@H]1c1ccco1. The van der Waals surface area contributed by atoms with Gasteiger partial charge in [-0.2, -0.15) is 0 Å². The van der Waals surface area contributed by atoms with Crippen LogP contribution >= 0.6 is 0 Å². The number of amides is 1. The van der Waals surface area contributed by atoms with Crippen molar-refractivity contribution in [3.8, 4) is 0 Å². The van der Waals surface area contributed by atoms with Crippen LogP contribution in [0.1, 0.15) is 36.1 Å². The van der Waals surface area contributed by atoms with Crippen molar-refractivity contribution in [3.05, 3.63) is 59.5 Å². The standard InChI is InChI=1S/C20H26N2O2/c1-4-22(14-16-9-7-15(8-10-16)13-21(2)3)20(23)18-12-17(18)19-6-5-11-24-19/h5-11,17-18H,4,12-14H2,1-3H3/t17-,18-/m1/s1. The molecule has 1 amide bonds. The van der Waals surface area contributed by atoms with Crippen molar-refractivity contribution in [2.75, 3.05) is 20.6 Å². The van der Waals surface area contributed by atoms with Gasteiger partial charge < -0.3 is 14.2 Å². The van der Waals surface area contributed by atoms with Gasteiger partial charge in [0, 0.05) is 31.5 Å². The van der Waals surface area contributed by atoms with E-state index in [0.29, 0.717) is 6.54 Å². The smallest absolute Gasteiger partial charge is 0.226 e. The molecule has 24 heavy (non-hydrogen) atoms. The van der Waals surface area contributed by atoms with Crippen LogP contribution < -0.4 is 0 Å². The van der Waals surface area contributed by atoms with Crippen LogP contribution in [-0.4, -0.2) is 36.3 Å². The Morgan fingerprint density at radius 1 is 1.12 bits per heavy atom. The zero-order valence-electron chi connectivity index (χ0n) is 14.7. The minimum atomic E-state index is 0.0871. The first-order valence-corrected chi connectivity index (χ1v) is 8.63. The van der Waals surface area contributed by atoms with Gasteiger partial charge in [0.15, 0.2) is 0 Å². The summed E-state index contributed by atoms with van der Waals surface area (Å²) in [6, 6.07) is 12.4. The lowest BCUT2D eigenvalue weighted by atomic mass is 10.1. The van der Waals surface area contributed by atoms with Gasteiger partial charge in [-0.05, 0) is 50.7 Å². The Bertz CT molecular complexity index is 661. The highest BCUT2D eigenvalue weighted by atomic mass is 16.3. The molecule has 1 fully saturated rings. The zero-order chi connectivity index (χ0) is 17.1. The molecule has 0 bridgehead atoms. The molecule has 0 radical (unpaired) electrons. The second kappa shape index (κ2) is 7.22. The first-order chi connectivity index (χ1) is 11.6. The van der Waals surface area contributed by atoms with Crippen LogP contribution in [0, 0.1) is 5.92 Å². The molecule has 1 aromatic heterocycles. The van der Waals surface area contributed by atoms with E-state index in [9.17, 15) is 4.79 Å². The second-order valence-electron chi connectivity index (χ2n) is 6.87. The third-order valence-electron chi connectivity index (χ3n) is 4.60. The van der Waals surface area contributed by atoms with Crippen LogP contribution in [0.2, 0.25) is 0 Å². The highest BCUT2D eigenvalue weighted by Crippen LogP contribution is 2.48. The largest absolute Gasteiger partial charge is 0.469 e. The van der Waals surface area contributed by atoms with Gasteiger partial charge in [0.1, 0.15) is 5.76 Å². The minimum Gasteiger partial charge on any atom is -0.469 e. The number of nitrogens with zero attached hydrogens (tertiary/aromatic N) is 2. The first kappa shape index (κ1) is 16.8. The highest BCUT2D eigenvalue weighted by molar-refractivity contribution is 5.82. The van der Waals surface area contributed by atoms with Crippen molar-refractivity contribution in [3.63, 3.8) is 0 Å². The fourth-order valence-electron chi connectivity index (χ4n) is 3.20. The highest BCUT2D eigenvalue weighted by Gasteiger charge is 2.47. The Morgan fingerprint density at radius 2 is 1.79 bits per heavy atom. The molecule has 128 valence electrons. The Labute approximate surface area is 144 Å². The van der Waals surface area contributed by atoms with E-state index in [1.807, 2.05) is 24.0 Å². The Balaban J connectivity index is 1.59. The predicted octanol–water partition coefficient (Wildman–Crippen LogP) is 3.49. The van der Waals surface area contributed by atoms with Gasteiger partial charge in [0.25, 0.3) is 0 Å². The molecular formula is C20H26N2O2. The molecule has 0 unspecified atom stereocenters. The normalized spacial score (nSPS) is 19.5. The minimum absolute atomic E-state index is 0.0871. The van der Waals surface area contributed by atoms with E-state index in [0.717, 1.165) is 25.3 Å². The van der Waals surface area contributed by atoms with Crippen molar-refractivity contribution in [2.24, 2.45) is 5.92 Å². The first-order valence-electron chi connectivity index (χ1n) is 8.63. The summed E-state index contributed by atoms with van der Waals surface area (Å²) in [5.41, 5.74) is 2.47. The second-order valence-corrected chi connectivity index (χ2v) is 6.87. The third-order valence-corrected chi connectivity index (χ3v) is 4.60. The maximum Gasteiger partial charge on any atom is 0.226 e. The monoisotopic (exact) mass is 326 g/mol. The summed E-state index contributed by atoms with van der Waals surface area (Å²) >= 11 is 0. The van der Waals surface area contributed by atoms with Crippen molar-refractivity contribution in [1.82, 2.24) is 9.80 Å². The molecule has 1 heterocycles. The molecule has 1 aromatic carbocycles. The molecule has 2 atom stereocenters. The van der Waals surface area contributed by atoms with Crippen LogP contribution in [0.3, 0.4) is 0 Å². The number of hydrogen-bond acceptors (Lipinski definition) is 3. The van der Waals surface area contributed by atoms with Crippen LogP contribution in [0.15, 0.2) is 47.1 Å². The summed E-state index contributed by atoms with van der Waals surface area (Å²) < 4.78 is 5.44. The fraction of sp³-hybridized carbons (Fsp3) is 0.450. The number of hydrogen-bond donors (Lipinski definition) is 0. The quantitative estimate of drug-likeness (QED) is 0.781. The van der Waals surface area contributed by atoms with Crippen molar-refractivity contribution in [1.29, 1.82) is 0 Å². The lowest BCUT2D eigenvalue weighted by Crippen LogP contribution is -2.31. The van der Waals surface area contributed by atoms with Gasteiger partial charge in [0.2, 0.25) is 5.91 Å². The van der Waals surface area contributed by atoms with Gasteiger partial charge >= 0.3 is 0 Å². The molecule has 1 saturated carbocycles. The van der Waals surface area contributed by atoms with Crippen LogP contribution in [-0.2, 0) is 17.9 Å². The average molecular weight is 326 g/mol. The van der Waals surface area contributed by atoms with Gasteiger partial charge in [-0.3, -0.25) is 4.79 Å². The number of benzene rings is 1. The topological polar surface area (TPSA) is 36.7 Å². The average Bonchev–Trinajstić information content (AvgIpc) is 3.18. The van der Waals surface area contributed by atoms with E-state index in [2.05, 4.69) is 43.3 Å². The number of carbonyl (C=O) groups is 1. The predicted molar refractivity (Wildman–Crippen MR) is 94.5 cm³/mol. The van der Waals surface area contributed by atoms with Gasteiger partial charge in [-0.25, -0.2) is 0 Å². The van der Waals surface area contributed by atoms with Crippen LogP contribution in [0.25, 0.3) is 0 Å². The van der Waals surface area contributed by atoms with E-state index < -0.39 is 0 Å². The van der Waals surface area contributed by atoms with Crippen molar-refractivity contribution >= 4 is 5.91 Å². The summed E-state index contributed by atoms with van der Waals surface area (Å²) in [5.74, 6) is 1.54. The lowest BCUT2D eigenvalue weighted by molar-refractivity contribution is -0.133. The maximum absolute atomic E-state index is 12.7. The maximum atomic E-state index is 12.7. The summed E-state index contributed by atoms with van der Waals surface area (Å²) in [6.07, 6.45) is 2.59. The summed E-state index contributed by atoms with van der Waals surface area (Å²) in [5, 5.41) is 0. The number of carbonyl (C=O) groups excluding carboxylic acids is 1.